The summed E-state index contributed by atoms with van der Waals surface area (Å²) in [5.74, 6) is -2.71. The van der Waals surface area contributed by atoms with E-state index in [0.717, 1.165) is 0 Å². The van der Waals surface area contributed by atoms with Gasteiger partial charge in [-0.25, -0.2) is 8.42 Å². The Labute approximate surface area is 144 Å². The average Bonchev–Trinajstić information content (AvgIpc) is 2.57. The molecule has 1 aromatic heterocycles. The van der Waals surface area contributed by atoms with Crippen molar-refractivity contribution in [3.8, 4) is 11.8 Å². The highest BCUT2D eigenvalue weighted by Gasteiger charge is 2.25. The zero-order valence-corrected chi connectivity index (χ0v) is 14.6. The van der Waals surface area contributed by atoms with Gasteiger partial charge in [0.1, 0.15) is 5.82 Å². The van der Waals surface area contributed by atoms with Gasteiger partial charge >= 0.3 is 5.76 Å². The second kappa shape index (κ2) is 7.60. The van der Waals surface area contributed by atoms with Gasteiger partial charge < -0.3 is 9.47 Å². The zero-order valence-electron chi connectivity index (χ0n) is 13.8. The van der Waals surface area contributed by atoms with Crippen molar-refractivity contribution in [1.82, 2.24) is 9.97 Å². The standard InChI is InChI=1S/C15H17F2N3O4S/c1-9-5-4-6-10(14(9)20-25(21,22)15(16)17)7-11-18-12(23-2)8-13(19-11)24-3/h4-6,8,15,20H,7H2,1-3H3. The second-order valence-corrected chi connectivity index (χ2v) is 6.71. The van der Waals surface area contributed by atoms with Crippen molar-refractivity contribution in [3.63, 3.8) is 0 Å². The highest BCUT2D eigenvalue weighted by molar-refractivity contribution is 7.93. The molecule has 0 aliphatic heterocycles. The number of nitrogens with zero attached hydrogens (tertiary/aromatic N) is 2. The van der Waals surface area contributed by atoms with E-state index in [1.54, 1.807) is 25.1 Å². The zero-order chi connectivity index (χ0) is 18.6. The first-order valence-corrected chi connectivity index (χ1v) is 8.65. The smallest absolute Gasteiger partial charge is 0.355 e. The van der Waals surface area contributed by atoms with Crippen LogP contribution in [0.15, 0.2) is 24.3 Å². The van der Waals surface area contributed by atoms with Crippen LogP contribution in [0.4, 0.5) is 14.5 Å². The third kappa shape index (κ3) is 4.53. The van der Waals surface area contributed by atoms with Crippen molar-refractivity contribution in [3.05, 3.63) is 41.2 Å². The van der Waals surface area contributed by atoms with Gasteiger partial charge in [-0.05, 0) is 18.1 Å². The van der Waals surface area contributed by atoms with E-state index in [0.29, 0.717) is 17.0 Å². The van der Waals surface area contributed by atoms with Gasteiger partial charge in [-0.3, -0.25) is 4.72 Å². The molecule has 2 rings (SSSR count). The van der Waals surface area contributed by atoms with Crippen LogP contribution in [-0.4, -0.2) is 38.4 Å². The summed E-state index contributed by atoms with van der Waals surface area (Å²) in [6.45, 7) is 1.61. The molecule has 0 bridgehead atoms. The monoisotopic (exact) mass is 373 g/mol. The minimum absolute atomic E-state index is 0.0770. The maximum Gasteiger partial charge on any atom is 0.355 e. The van der Waals surface area contributed by atoms with Gasteiger partial charge in [0, 0.05) is 6.42 Å². The summed E-state index contributed by atoms with van der Waals surface area (Å²) in [5, 5.41) is 0. The summed E-state index contributed by atoms with van der Waals surface area (Å²) in [4.78, 5) is 8.32. The number of alkyl halides is 2. The number of para-hydroxylation sites is 1. The number of aromatic nitrogens is 2. The quantitative estimate of drug-likeness (QED) is 0.801. The van der Waals surface area contributed by atoms with Crippen LogP contribution in [0.1, 0.15) is 17.0 Å². The molecule has 0 aliphatic carbocycles. The molecule has 0 fully saturated rings. The van der Waals surface area contributed by atoms with Crippen LogP contribution in [-0.2, 0) is 16.4 Å². The highest BCUT2D eigenvalue weighted by Crippen LogP contribution is 2.26. The fourth-order valence-electron chi connectivity index (χ4n) is 2.12. The fourth-order valence-corrected chi connectivity index (χ4v) is 2.78. The Morgan fingerprint density at radius 3 is 2.28 bits per heavy atom. The SMILES string of the molecule is COc1cc(OC)nc(Cc2cccc(C)c2NS(=O)(=O)C(F)F)n1. The molecule has 136 valence electrons. The molecule has 0 atom stereocenters. The lowest BCUT2D eigenvalue weighted by Crippen LogP contribution is -2.22. The summed E-state index contributed by atoms with van der Waals surface area (Å²) < 4.78 is 60.5. The number of nitrogens with one attached hydrogen (secondary N) is 1. The number of halogens is 2. The van der Waals surface area contributed by atoms with Gasteiger partial charge in [-0.15, -0.1) is 0 Å². The number of hydrogen-bond donors (Lipinski definition) is 1. The number of hydrogen-bond acceptors (Lipinski definition) is 6. The maximum absolute atomic E-state index is 12.7. The maximum atomic E-state index is 12.7. The molecule has 0 radical (unpaired) electrons. The summed E-state index contributed by atoms with van der Waals surface area (Å²) in [7, 11) is -1.93. The van der Waals surface area contributed by atoms with Crippen LogP contribution in [0.3, 0.4) is 0 Å². The Bertz CT molecular complexity index is 838. The first kappa shape index (κ1) is 18.8. The Balaban J connectivity index is 2.43. The van der Waals surface area contributed by atoms with Gasteiger partial charge in [0.25, 0.3) is 10.0 Å². The van der Waals surface area contributed by atoms with Crippen molar-refractivity contribution in [2.24, 2.45) is 0 Å². The molecule has 0 amide bonds. The van der Waals surface area contributed by atoms with Crippen molar-refractivity contribution in [2.45, 2.75) is 19.1 Å². The summed E-state index contributed by atoms with van der Waals surface area (Å²) in [5.41, 5.74) is 1.02. The number of ether oxygens (including phenoxy) is 2. The van der Waals surface area contributed by atoms with Gasteiger partial charge in [-0.2, -0.15) is 18.7 Å². The van der Waals surface area contributed by atoms with Crippen LogP contribution in [0.25, 0.3) is 0 Å². The van der Waals surface area contributed by atoms with Crippen LogP contribution in [0, 0.1) is 6.92 Å². The molecule has 10 heteroatoms. The lowest BCUT2D eigenvalue weighted by atomic mass is 10.1. The lowest BCUT2D eigenvalue weighted by Gasteiger charge is -2.15. The van der Waals surface area contributed by atoms with Gasteiger partial charge in [0.05, 0.1) is 26.0 Å². The molecule has 1 heterocycles. The normalized spacial score (nSPS) is 11.4. The Morgan fingerprint density at radius 2 is 1.76 bits per heavy atom. The minimum atomic E-state index is -4.79. The van der Waals surface area contributed by atoms with E-state index in [9.17, 15) is 17.2 Å². The molecular weight excluding hydrogens is 356 g/mol. The second-order valence-electron chi connectivity index (χ2n) is 5.06. The number of anilines is 1. The Morgan fingerprint density at radius 1 is 1.16 bits per heavy atom. The topological polar surface area (TPSA) is 90.4 Å². The first-order valence-electron chi connectivity index (χ1n) is 7.11. The molecule has 2 aromatic rings. The van der Waals surface area contributed by atoms with Crippen molar-refractivity contribution < 1.29 is 26.7 Å². The molecule has 0 spiro atoms. The largest absolute Gasteiger partial charge is 0.481 e. The molecule has 1 N–H and O–H groups in total. The van der Waals surface area contributed by atoms with E-state index in [1.807, 2.05) is 4.72 Å². The predicted octanol–water partition coefficient (Wildman–Crippen LogP) is 2.36. The number of benzene rings is 1. The summed E-state index contributed by atoms with van der Waals surface area (Å²) in [6, 6.07) is 6.38. The summed E-state index contributed by atoms with van der Waals surface area (Å²) >= 11 is 0. The van der Waals surface area contributed by atoms with E-state index in [2.05, 4.69) is 9.97 Å². The van der Waals surface area contributed by atoms with E-state index < -0.39 is 15.8 Å². The van der Waals surface area contributed by atoms with Crippen LogP contribution in [0.2, 0.25) is 0 Å². The molecule has 25 heavy (non-hydrogen) atoms. The predicted molar refractivity (Wildman–Crippen MR) is 87.7 cm³/mol. The minimum Gasteiger partial charge on any atom is -0.481 e. The lowest BCUT2D eigenvalue weighted by molar-refractivity contribution is 0.236. The van der Waals surface area contributed by atoms with Gasteiger partial charge in [0.2, 0.25) is 11.8 Å². The average molecular weight is 373 g/mol. The molecule has 0 unspecified atom stereocenters. The van der Waals surface area contributed by atoms with Gasteiger partial charge in [0.15, 0.2) is 0 Å². The molecule has 7 nitrogen and oxygen atoms in total. The van der Waals surface area contributed by atoms with E-state index in [-0.39, 0.29) is 23.9 Å². The Kier molecular flexibility index (Phi) is 5.73. The molecule has 0 saturated heterocycles. The fraction of sp³-hybridized carbons (Fsp3) is 0.333. The molecule has 0 saturated carbocycles. The third-order valence-corrected chi connectivity index (χ3v) is 4.29. The van der Waals surface area contributed by atoms with Crippen molar-refractivity contribution in [1.29, 1.82) is 0 Å². The van der Waals surface area contributed by atoms with Crippen LogP contribution in [0.5, 0.6) is 11.8 Å². The number of methoxy groups -OCH3 is 2. The highest BCUT2D eigenvalue weighted by atomic mass is 32.2. The third-order valence-electron chi connectivity index (χ3n) is 3.33. The number of rotatable bonds is 7. The Hall–Kier alpha value is -2.49. The molecule has 0 aliphatic rings. The number of sulfonamides is 1. The van der Waals surface area contributed by atoms with Crippen molar-refractivity contribution in [2.75, 3.05) is 18.9 Å². The van der Waals surface area contributed by atoms with Gasteiger partial charge in [-0.1, -0.05) is 18.2 Å². The molecule has 1 aromatic carbocycles. The van der Waals surface area contributed by atoms with Crippen LogP contribution < -0.4 is 14.2 Å². The summed E-state index contributed by atoms with van der Waals surface area (Å²) in [6.07, 6.45) is 0.0936. The first-order chi connectivity index (χ1) is 11.8. The molecular formula is C15H17F2N3O4S. The number of aryl methyl sites for hydroxylation is 1. The van der Waals surface area contributed by atoms with Crippen LogP contribution >= 0.6 is 0 Å². The van der Waals surface area contributed by atoms with E-state index in [4.69, 9.17) is 9.47 Å². The van der Waals surface area contributed by atoms with E-state index >= 15 is 0 Å². The van der Waals surface area contributed by atoms with Crippen molar-refractivity contribution >= 4 is 15.7 Å². The van der Waals surface area contributed by atoms with E-state index in [1.165, 1.54) is 20.3 Å².